The Morgan fingerprint density at radius 1 is 1.06 bits per heavy atom. The summed E-state index contributed by atoms with van der Waals surface area (Å²) in [7, 11) is -7.72. The molecule has 0 aromatic heterocycles. The largest absolute Gasteiger partial charge is 0.631 e. The molecule has 0 aliphatic heterocycles. The molecule has 6 nitrogen and oxygen atoms in total. The van der Waals surface area contributed by atoms with Gasteiger partial charge in [0.15, 0.2) is 0 Å². The molecule has 1 rings (SSSR count). The van der Waals surface area contributed by atoms with Crippen molar-refractivity contribution in [2.45, 2.75) is 5.51 Å². The summed E-state index contributed by atoms with van der Waals surface area (Å²) in [5.41, 5.74) is -5.40. The number of para-hydroxylation sites is 1. The quantitative estimate of drug-likeness (QED) is 0.397. The molecular weight excluding hydrogens is 280 g/mol. The van der Waals surface area contributed by atoms with Gasteiger partial charge in [-0.2, -0.15) is 21.6 Å². The topological polar surface area (TPSA) is 104 Å². The van der Waals surface area contributed by atoms with Crippen molar-refractivity contribution in [2.24, 2.45) is 0 Å². The Labute approximate surface area is 101 Å². The molecule has 0 radical (unpaired) electrons. The van der Waals surface area contributed by atoms with Gasteiger partial charge in [0.2, 0.25) is 0 Å². The van der Waals surface area contributed by atoms with E-state index in [0.717, 1.165) is 12.1 Å². The molecule has 0 fully saturated rings. The molecule has 0 heterocycles. The lowest BCUT2D eigenvalue weighted by atomic mass is 10.3. The maximum absolute atomic E-state index is 11.8. The second kappa shape index (κ2) is 6.59. The number of hydrogen-bond donors (Lipinski definition) is 3. The molecule has 0 saturated heterocycles. The smallest absolute Gasteiger partial charge is 0.402 e. The Morgan fingerprint density at radius 3 is 1.78 bits per heavy atom. The van der Waals surface area contributed by atoms with E-state index in [1.54, 1.807) is 0 Å². The van der Waals surface area contributed by atoms with E-state index in [1.165, 1.54) is 18.2 Å². The van der Waals surface area contributed by atoms with Crippen LogP contribution in [0.5, 0.6) is 5.75 Å². The fourth-order valence-corrected chi connectivity index (χ4v) is 1.11. The van der Waals surface area contributed by atoms with E-state index in [4.69, 9.17) is 15.1 Å². The summed E-state index contributed by atoms with van der Waals surface area (Å²) in [4.78, 5) is 0. The SMILES string of the molecule is O=S(=O)(Oc1ccccc1)C(F)(F)F.OB(O)O. The lowest BCUT2D eigenvalue weighted by molar-refractivity contribution is -0.0500. The van der Waals surface area contributed by atoms with Gasteiger partial charge in [0.1, 0.15) is 5.75 Å². The van der Waals surface area contributed by atoms with Crippen LogP contribution in [0.3, 0.4) is 0 Å². The van der Waals surface area contributed by atoms with E-state index >= 15 is 0 Å². The van der Waals surface area contributed by atoms with E-state index in [1.807, 2.05) is 0 Å². The number of benzene rings is 1. The molecule has 0 atom stereocenters. The average molecular weight is 288 g/mol. The third-order valence-electron chi connectivity index (χ3n) is 1.23. The molecule has 1 aromatic rings. The molecule has 102 valence electrons. The van der Waals surface area contributed by atoms with Crippen molar-refractivity contribution in [1.82, 2.24) is 0 Å². The van der Waals surface area contributed by atoms with Crippen molar-refractivity contribution in [3.05, 3.63) is 30.3 Å². The maximum atomic E-state index is 11.8. The third-order valence-corrected chi connectivity index (χ3v) is 2.21. The van der Waals surface area contributed by atoms with Gasteiger partial charge in [-0.1, -0.05) is 18.2 Å². The zero-order valence-corrected chi connectivity index (χ0v) is 9.39. The minimum Gasteiger partial charge on any atom is -0.402 e. The second-order valence-electron chi connectivity index (χ2n) is 2.64. The van der Waals surface area contributed by atoms with Crippen molar-refractivity contribution in [1.29, 1.82) is 0 Å². The fourth-order valence-electron chi connectivity index (χ4n) is 0.650. The van der Waals surface area contributed by atoms with E-state index in [2.05, 4.69) is 4.18 Å². The molecule has 0 aliphatic rings. The van der Waals surface area contributed by atoms with Crippen LogP contribution in [0.2, 0.25) is 0 Å². The van der Waals surface area contributed by atoms with Crippen LogP contribution in [0.1, 0.15) is 0 Å². The van der Waals surface area contributed by atoms with Crippen LogP contribution in [-0.4, -0.2) is 36.3 Å². The first-order valence-electron chi connectivity index (χ1n) is 4.16. The molecule has 1 aromatic carbocycles. The van der Waals surface area contributed by atoms with Crippen LogP contribution >= 0.6 is 0 Å². The van der Waals surface area contributed by atoms with Crippen LogP contribution in [0.4, 0.5) is 13.2 Å². The second-order valence-corrected chi connectivity index (χ2v) is 4.18. The number of halogens is 3. The third kappa shape index (κ3) is 6.44. The molecule has 0 unspecified atom stereocenters. The van der Waals surface area contributed by atoms with E-state index in [9.17, 15) is 21.6 Å². The lowest BCUT2D eigenvalue weighted by Gasteiger charge is -2.08. The minimum absolute atomic E-state index is 0.371. The number of hydrogen-bond acceptors (Lipinski definition) is 6. The fraction of sp³-hybridized carbons (Fsp3) is 0.143. The Bertz CT molecular complexity index is 443. The molecule has 0 spiro atoms. The van der Waals surface area contributed by atoms with E-state index in [-0.39, 0.29) is 5.75 Å². The molecule has 0 amide bonds. The summed E-state index contributed by atoms with van der Waals surface area (Å²) in [6.45, 7) is 0. The van der Waals surface area contributed by atoms with Gasteiger partial charge in [0, 0.05) is 0 Å². The van der Waals surface area contributed by atoms with Crippen LogP contribution in [0.25, 0.3) is 0 Å². The monoisotopic (exact) mass is 288 g/mol. The minimum atomic E-state index is -5.55. The highest BCUT2D eigenvalue weighted by Crippen LogP contribution is 2.26. The van der Waals surface area contributed by atoms with E-state index in [0.29, 0.717) is 0 Å². The zero-order chi connectivity index (χ0) is 14.4. The molecule has 18 heavy (non-hydrogen) atoms. The number of alkyl halides is 3. The van der Waals surface area contributed by atoms with Gasteiger partial charge in [-0.05, 0) is 12.1 Å². The van der Waals surface area contributed by atoms with Gasteiger partial charge in [0.05, 0.1) is 0 Å². The van der Waals surface area contributed by atoms with Crippen molar-refractivity contribution in [2.75, 3.05) is 0 Å². The van der Waals surface area contributed by atoms with Crippen molar-refractivity contribution in [3.8, 4) is 5.75 Å². The summed E-state index contributed by atoms with van der Waals surface area (Å²) >= 11 is 0. The van der Waals surface area contributed by atoms with Crippen LogP contribution in [-0.2, 0) is 10.1 Å². The summed E-state index contributed by atoms with van der Waals surface area (Å²) < 4.78 is 60.2. The van der Waals surface area contributed by atoms with Gasteiger partial charge < -0.3 is 19.3 Å². The highest BCUT2D eigenvalue weighted by atomic mass is 32.2. The van der Waals surface area contributed by atoms with Gasteiger partial charge in [0.25, 0.3) is 0 Å². The van der Waals surface area contributed by atoms with Gasteiger partial charge in [-0.3, -0.25) is 0 Å². The normalized spacial score (nSPS) is 11.2. The average Bonchev–Trinajstić information content (AvgIpc) is 2.15. The molecule has 0 saturated carbocycles. The predicted octanol–water partition coefficient (Wildman–Crippen LogP) is -0.137. The highest BCUT2D eigenvalue weighted by Gasteiger charge is 2.48. The summed E-state index contributed by atoms with van der Waals surface area (Å²) in [6.07, 6.45) is 0. The van der Waals surface area contributed by atoms with Crippen molar-refractivity contribution in [3.63, 3.8) is 0 Å². The van der Waals surface area contributed by atoms with Gasteiger partial charge in [-0.25, -0.2) is 0 Å². The van der Waals surface area contributed by atoms with Gasteiger partial charge >= 0.3 is 22.9 Å². The van der Waals surface area contributed by atoms with Crippen molar-refractivity contribution < 1.29 is 40.8 Å². The first-order chi connectivity index (χ1) is 8.06. The molecule has 0 bridgehead atoms. The Morgan fingerprint density at radius 2 is 1.44 bits per heavy atom. The van der Waals surface area contributed by atoms with E-state index < -0.39 is 22.9 Å². The van der Waals surface area contributed by atoms with Gasteiger partial charge in [-0.15, -0.1) is 0 Å². The molecule has 11 heteroatoms. The maximum Gasteiger partial charge on any atom is 0.631 e. The number of rotatable bonds is 2. The summed E-state index contributed by atoms with van der Waals surface area (Å²) in [5, 5.41) is 21.5. The lowest BCUT2D eigenvalue weighted by Crippen LogP contribution is -2.27. The highest BCUT2D eigenvalue weighted by molar-refractivity contribution is 7.87. The van der Waals surface area contributed by atoms with Crippen molar-refractivity contribution >= 4 is 17.4 Å². The predicted molar refractivity (Wildman–Crippen MR) is 54.5 cm³/mol. The van der Waals surface area contributed by atoms with Crippen LogP contribution in [0.15, 0.2) is 30.3 Å². The first-order valence-corrected chi connectivity index (χ1v) is 5.57. The first kappa shape index (κ1) is 16.7. The Kier molecular flexibility index (Phi) is 6.11. The standard InChI is InChI=1S/C7H5F3O3S.BH3O3/c8-7(9,10)14(11,12)13-6-4-2-1-3-5-6;2-1(3)4/h1-5H;2-4H. The summed E-state index contributed by atoms with van der Waals surface area (Å²) in [6, 6.07) is 6.47. The Hall–Kier alpha value is -1.30. The Balaban J connectivity index is 0.000000631. The molecular formula is C7H8BF3O6S. The van der Waals surface area contributed by atoms with Crippen LogP contribution in [0, 0.1) is 0 Å². The molecule has 3 N–H and O–H groups in total. The van der Waals surface area contributed by atoms with Crippen LogP contribution < -0.4 is 4.18 Å². The molecule has 0 aliphatic carbocycles. The summed E-state index contributed by atoms with van der Waals surface area (Å²) in [5.74, 6) is -0.371. The zero-order valence-electron chi connectivity index (χ0n) is 8.57.